The minimum Gasteiger partial charge on any atom is -0.493 e. The zero-order valence-electron chi connectivity index (χ0n) is 12.5. The molecule has 0 aromatic heterocycles. The van der Waals surface area contributed by atoms with Crippen molar-refractivity contribution in [2.24, 2.45) is 0 Å². The van der Waals surface area contributed by atoms with Crippen LogP contribution in [-0.2, 0) is 0 Å². The Bertz CT molecular complexity index is 438. The van der Waals surface area contributed by atoms with Crippen LogP contribution in [0.15, 0.2) is 12.1 Å². The number of hydrogen-bond acceptors (Lipinski definition) is 4. The molecule has 0 aliphatic carbocycles. The number of ether oxygens (including phenoxy) is 2. The Morgan fingerprint density at radius 1 is 1.21 bits per heavy atom. The lowest BCUT2D eigenvalue weighted by Crippen LogP contribution is -2.25. The smallest absolute Gasteiger partial charge is 0.162 e. The Labute approximate surface area is 115 Å². The van der Waals surface area contributed by atoms with Crippen LogP contribution in [0.3, 0.4) is 0 Å². The molecular weight excluding hydrogens is 240 g/mol. The lowest BCUT2D eigenvalue weighted by molar-refractivity contribution is 0.330. The number of rotatable bonds is 4. The fourth-order valence-corrected chi connectivity index (χ4v) is 2.65. The fourth-order valence-electron chi connectivity index (χ4n) is 2.65. The van der Waals surface area contributed by atoms with Crippen molar-refractivity contribution in [3.63, 3.8) is 0 Å². The molecule has 19 heavy (non-hydrogen) atoms. The van der Waals surface area contributed by atoms with E-state index in [4.69, 9.17) is 9.47 Å². The van der Waals surface area contributed by atoms with E-state index in [0.717, 1.165) is 23.7 Å². The predicted molar refractivity (Wildman–Crippen MR) is 78.4 cm³/mol. The Kier molecular flexibility index (Phi) is 4.20. The molecule has 4 heteroatoms. The van der Waals surface area contributed by atoms with Gasteiger partial charge in [-0.05, 0) is 38.9 Å². The predicted octanol–water partition coefficient (Wildman–Crippen LogP) is 2.52. The van der Waals surface area contributed by atoms with Crippen LogP contribution in [0.25, 0.3) is 0 Å². The number of benzene rings is 1. The van der Waals surface area contributed by atoms with E-state index >= 15 is 0 Å². The highest BCUT2D eigenvalue weighted by molar-refractivity contribution is 5.60. The van der Waals surface area contributed by atoms with Crippen molar-refractivity contribution in [2.45, 2.75) is 32.4 Å². The van der Waals surface area contributed by atoms with Crippen LogP contribution in [0.1, 0.15) is 18.9 Å². The van der Waals surface area contributed by atoms with Gasteiger partial charge in [-0.25, -0.2) is 0 Å². The third-order valence-corrected chi connectivity index (χ3v) is 3.98. The molecule has 2 unspecified atom stereocenters. The van der Waals surface area contributed by atoms with Crippen LogP contribution in [-0.4, -0.2) is 44.8 Å². The van der Waals surface area contributed by atoms with Crippen molar-refractivity contribution in [3.05, 3.63) is 17.7 Å². The van der Waals surface area contributed by atoms with E-state index in [1.807, 2.05) is 12.1 Å². The third-order valence-electron chi connectivity index (χ3n) is 3.98. The molecule has 1 aliphatic rings. The van der Waals surface area contributed by atoms with E-state index in [2.05, 4.69) is 31.1 Å². The molecule has 2 rings (SSSR count). The Balaban J connectivity index is 2.16. The van der Waals surface area contributed by atoms with Crippen molar-refractivity contribution in [1.29, 1.82) is 0 Å². The molecule has 1 saturated heterocycles. The number of aryl methyl sites for hydroxylation is 1. The van der Waals surface area contributed by atoms with Gasteiger partial charge in [0.1, 0.15) is 0 Å². The highest BCUT2D eigenvalue weighted by atomic mass is 16.5. The van der Waals surface area contributed by atoms with E-state index in [-0.39, 0.29) is 0 Å². The first-order chi connectivity index (χ1) is 9.05. The van der Waals surface area contributed by atoms with Gasteiger partial charge in [0.2, 0.25) is 0 Å². The number of likely N-dealkylation sites (tertiary alicyclic amines) is 1. The zero-order chi connectivity index (χ0) is 14.0. The summed E-state index contributed by atoms with van der Waals surface area (Å²) >= 11 is 0. The second-order valence-electron chi connectivity index (χ2n) is 5.39. The van der Waals surface area contributed by atoms with Crippen LogP contribution >= 0.6 is 0 Å². The van der Waals surface area contributed by atoms with Gasteiger partial charge in [-0.15, -0.1) is 0 Å². The van der Waals surface area contributed by atoms with Gasteiger partial charge >= 0.3 is 0 Å². The maximum absolute atomic E-state index is 5.36. The molecular formula is C15H24N2O2. The summed E-state index contributed by atoms with van der Waals surface area (Å²) in [6.07, 6.45) is 1.17. The Morgan fingerprint density at radius 3 is 2.37 bits per heavy atom. The van der Waals surface area contributed by atoms with Crippen molar-refractivity contribution < 1.29 is 9.47 Å². The van der Waals surface area contributed by atoms with E-state index < -0.39 is 0 Å². The molecule has 4 nitrogen and oxygen atoms in total. The minimum absolute atomic E-state index is 0.497. The molecule has 1 aromatic rings. The van der Waals surface area contributed by atoms with Gasteiger partial charge in [0, 0.05) is 30.4 Å². The Morgan fingerprint density at radius 2 is 1.84 bits per heavy atom. The average molecular weight is 264 g/mol. The summed E-state index contributed by atoms with van der Waals surface area (Å²) in [5.74, 6) is 1.55. The SMILES string of the molecule is COc1cc(C)c(NC2CC(C)N(C)C2)cc1OC. The van der Waals surface area contributed by atoms with Crippen LogP contribution < -0.4 is 14.8 Å². The largest absolute Gasteiger partial charge is 0.493 e. The normalized spacial score (nSPS) is 23.4. The zero-order valence-corrected chi connectivity index (χ0v) is 12.5. The van der Waals surface area contributed by atoms with Gasteiger partial charge in [0.25, 0.3) is 0 Å². The van der Waals surface area contributed by atoms with Gasteiger partial charge < -0.3 is 19.7 Å². The van der Waals surface area contributed by atoms with Gasteiger partial charge in [0.15, 0.2) is 11.5 Å². The summed E-state index contributed by atoms with van der Waals surface area (Å²) in [4.78, 5) is 2.38. The van der Waals surface area contributed by atoms with Gasteiger partial charge in [0.05, 0.1) is 14.2 Å². The molecule has 1 aromatic carbocycles. The summed E-state index contributed by atoms with van der Waals surface area (Å²) in [7, 11) is 5.51. The monoisotopic (exact) mass is 264 g/mol. The van der Waals surface area contributed by atoms with Crippen molar-refractivity contribution in [3.8, 4) is 11.5 Å². The number of anilines is 1. The quantitative estimate of drug-likeness (QED) is 0.906. The molecule has 1 aliphatic heterocycles. The lowest BCUT2D eigenvalue weighted by atomic mass is 10.1. The van der Waals surface area contributed by atoms with Gasteiger partial charge in [-0.2, -0.15) is 0 Å². The number of nitrogens with one attached hydrogen (secondary N) is 1. The standard InChI is InChI=1S/C15H24N2O2/c1-10-6-14(18-4)15(19-5)8-13(10)16-12-7-11(2)17(3)9-12/h6,8,11-12,16H,7,9H2,1-5H3. The second kappa shape index (κ2) is 5.70. The number of likely N-dealkylation sites (N-methyl/N-ethyl adjacent to an activating group) is 1. The first kappa shape index (κ1) is 14.0. The first-order valence-corrected chi connectivity index (χ1v) is 6.74. The summed E-state index contributed by atoms with van der Waals surface area (Å²) < 4.78 is 10.7. The van der Waals surface area contributed by atoms with Gasteiger partial charge in [-0.3, -0.25) is 0 Å². The van der Waals surface area contributed by atoms with Crippen LogP contribution in [0.2, 0.25) is 0 Å². The number of nitrogens with zero attached hydrogens (tertiary/aromatic N) is 1. The number of methoxy groups -OCH3 is 2. The van der Waals surface area contributed by atoms with E-state index in [1.165, 1.54) is 12.0 Å². The Hall–Kier alpha value is -1.42. The molecule has 1 fully saturated rings. The summed E-state index contributed by atoms with van der Waals surface area (Å²) in [6, 6.07) is 5.18. The van der Waals surface area contributed by atoms with Gasteiger partial charge in [-0.1, -0.05) is 0 Å². The summed E-state index contributed by atoms with van der Waals surface area (Å²) in [5, 5.41) is 3.62. The molecule has 0 bridgehead atoms. The number of hydrogen-bond donors (Lipinski definition) is 1. The highest BCUT2D eigenvalue weighted by Crippen LogP contribution is 2.33. The maximum Gasteiger partial charge on any atom is 0.162 e. The van der Waals surface area contributed by atoms with Crippen molar-refractivity contribution in [2.75, 3.05) is 33.1 Å². The topological polar surface area (TPSA) is 33.7 Å². The van der Waals surface area contributed by atoms with Crippen LogP contribution in [0.4, 0.5) is 5.69 Å². The molecule has 1 N–H and O–H groups in total. The van der Waals surface area contributed by atoms with Crippen LogP contribution in [0.5, 0.6) is 11.5 Å². The summed E-state index contributed by atoms with van der Waals surface area (Å²) in [5.41, 5.74) is 2.31. The second-order valence-corrected chi connectivity index (χ2v) is 5.39. The molecule has 0 saturated carbocycles. The molecule has 106 valence electrons. The summed E-state index contributed by atoms with van der Waals surface area (Å²) in [6.45, 7) is 5.44. The molecule has 1 heterocycles. The molecule has 0 amide bonds. The molecule has 0 radical (unpaired) electrons. The van der Waals surface area contributed by atoms with Crippen molar-refractivity contribution >= 4 is 5.69 Å². The maximum atomic E-state index is 5.36. The van der Waals surface area contributed by atoms with E-state index in [1.54, 1.807) is 14.2 Å². The van der Waals surface area contributed by atoms with E-state index in [9.17, 15) is 0 Å². The fraction of sp³-hybridized carbons (Fsp3) is 0.600. The van der Waals surface area contributed by atoms with E-state index in [0.29, 0.717) is 12.1 Å². The lowest BCUT2D eigenvalue weighted by Gasteiger charge is -2.18. The van der Waals surface area contributed by atoms with Crippen molar-refractivity contribution in [1.82, 2.24) is 4.90 Å². The highest BCUT2D eigenvalue weighted by Gasteiger charge is 2.26. The minimum atomic E-state index is 0.497. The third kappa shape index (κ3) is 2.95. The molecule has 2 atom stereocenters. The average Bonchev–Trinajstić information content (AvgIpc) is 2.70. The van der Waals surface area contributed by atoms with Crippen LogP contribution in [0, 0.1) is 6.92 Å². The first-order valence-electron chi connectivity index (χ1n) is 6.74. The molecule has 0 spiro atoms.